The van der Waals surface area contributed by atoms with Crippen molar-refractivity contribution in [1.82, 2.24) is 14.9 Å². The number of anilines is 3. The summed E-state index contributed by atoms with van der Waals surface area (Å²) in [4.78, 5) is 33.0. The largest absolute Gasteiger partial charge is 0.380 e. The molecule has 0 unspecified atom stereocenters. The molecule has 2 aromatic heterocycles. The van der Waals surface area contributed by atoms with Gasteiger partial charge in [0.15, 0.2) is 0 Å². The molecular formula is C23H23FN6O2. The van der Waals surface area contributed by atoms with E-state index in [0.717, 1.165) is 25.0 Å². The van der Waals surface area contributed by atoms with Crippen molar-refractivity contribution in [3.05, 3.63) is 77.5 Å². The van der Waals surface area contributed by atoms with Gasteiger partial charge in [-0.3, -0.25) is 14.6 Å². The van der Waals surface area contributed by atoms with Crippen LogP contribution in [0.25, 0.3) is 0 Å². The molecule has 4 N–H and O–H groups in total. The van der Waals surface area contributed by atoms with Crippen LogP contribution >= 0.6 is 0 Å². The van der Waals surface area contributed by atoms with Crippen molar-refractivity contribution in [3.63, 3.8) is 0 Å². The van der Waals surface area contributed by atoms with Gasteiger partial charge < -0.3 is 21.3 Å². The highest BCUT2D eigenvalue weighted by molar-refractivity contribution is 5.98. The van der Waals surface area contributed by atoms with E-state index in [1.54, 1.807) is 19.2 Å². The van der Waals surface area contributed by atoms with Gasteiger partial charge in [0.25, 0.3) is 5.91 Å². The lowest BCUT2D eigenvalue weighted by molar-refractivity contribution is -0.133. The van der Waals surface area contributed by atoms with Gasteiger partial charge in [-0.15, -0.1) is 0 Å². The fourth-order valence-corrected chi connectivity index (χ4v) is 3.55. The summed E-state index contributed by atoms with van der Waals surface area (Å²) in [5, 5.41) is 6.30. The van der Waals surface area contributed by atoms with E-state index in [2.05, 4.69) is 20.6 Å². The second kappa shape index (κ2) is 9.01. The molecule has 32 heavy (non-hydrogen) atoms. The minimum absolute atomic E-state index is 0.100. The van der Waals surface area contributed by atoms with Crippen LogP contribution in [0.15, 0.2) is 55.0 Å². The summed E-state index contributed by atoms with van der Waals surface area (Å²) in [6, 6.07) is 11.0. The Hall–Kier alpha value is -4.01. The minimum atomic E-state index is -0.617. The molecule has 0 saturated carbocycles. The molecule has 3 heterocycles. The molecule has 1 saturated heterocycles. The van der Waals surface area contributed by atoms with Crippen molar-refractivity contribution < 1.29 is 14.0 Å². The number of benzene rings is 1. The van der Waals surface area contributed by atoms with E-state index in [0.29, 0.717) is 23.0 Å². The summed E-state index contributed by atoms with van der Waals surface area (Å²) < 4.78 is 13.4. The predicted molar refractivity (Wildman–Crippen MR) is 119 cm³/mol. The quantitative estimate of drug-likeness (QED) is 0.527. The lowest BCUT2D eigenvalue weighted by Crippen LogP contribution is -2.47. The molecule has 4 rings (SSSR count). The SMILES string of the molecule is CC(=O)N1CC(c2ccc(Nc3cc(NCc4cncc(F)c4)c(C(N)=O)cn3)cc2)C1. The maximum Gasteiger partial charge on any atom is 0.252 e. The highest BCUT2D eigenvalue weighted by Gasteiger charge is 2.29. The Bertz CT molecular complexity index is 1150. The smallest absolute Gasteiger partial charge is 0.252 e. The van der Waals surface area contributed by atoms with Crippen molar-refractivity contribution in [3.8, 4) is 0 Å². The monoisotopic (exact) mass is 434 g/mol. The minimum Gasteiger partial charge on any atom is -0.380 e. The molecule has 1 fully saturated rings. The number of likely N-dealkylation sites (tertiary alicyclic amines) is 1. The van der Waals surface area contributed by atoms with Crippen LogP contribution in [-0.4, -0.2) is 39.8 Å². The molecule has 0 atom stereocenters. The molecule has 0 bridgehead atoms. The first-order valence-corrected chi connectivity index (χ1v) is 10.1. The van der Waals surface area contributed by atoms with Gasteiger partial charge in [-0.2, -0.15) is 0 Å². The summed E-state index contributed by atoms with van der Waals surface area (Å²) in [5.41, 5.74) is 8.81. The third kappa shape index (κ3) is 4.83. The maximum absolute atomic E-state index is 13.4. The van der Waals surface area contributed by atoms with Crippen LogP contribution in [0.2, 0.25) is 0 Å². The normalized spacial score (nSPS) is 13.4. The summed E-state index contributed by atoms with van der Waals surface area (Å²) in [5.74, 6) is -0.0737. The van der Waals surface area contributed by atoms with Crippen LogP contribution in [0, 0.1) is 5.82 Å². The number of hydrogen-bond donors (Lipinski definition) is 3. The first-order chi connectivity index (χ1) is 15.4. The Kier molecular flexibility index (Phi) is 5.98. The van der Waals surface area contributed by atoms with Crippen LogP contribution in [-0.2, 0) is 11.3 Å². The second-order valence-corrected chi connectivity index (χ2v) is 7.71. The van der Waals surface area contributed by atoms with E-state index < -0.39 is 11.7 Å². The number of carbonyl (C=O) groups excluding carboxylic acids is 2. The van der Waals surface area contributed by atoms with Crippen LogP contribution < -0.4 is 16.4 Å². The Morgan fingerprint density at radius 2 is 1.91 bits per heavy atom. The molecule has 9 heteroatoms. The van der Waals surface area contributed by atoms with E-state index in [4.69, 9.17) is 5.73 Å². The van der Waals surface area contributed by atoms with E-state index in [1.807, 2.05) is 29.2 Å². The zero-order chi connectivity index (χ0) is 22.7. The summed E-state index contributed by atoms with van der Waals surface area (Å²) in [6.45, 7) is 3.34. The molecule has 0 spiro atoms. The van der Waals surface area contributed by atoms with Gasteiger partial charge >= 0.3 is 0 Å². The van der Waals surface area contributed by atoms with Crippen LogP contribution in [0.1, 0.15) is 34.3 Å². The van der Waals surface area contributed by atoms with E-state index >= 15 is 0 Å². The van der Waals surface area contributed by atoms with Crippen molar-refractivity contribution in [1.29, 1.82) is 0 Å². The van der Waals surface area contributed by atoms with Gasteiger partial charge in [0, 0.05) is 56.6 Å². The third-order valence-electron chi connectivity index (χ3n) is 5.40. The number of halogens is 1. The van der Waals surface area contributed by atoms with Crippen LogP contribution in [0.3, 0.4) is 0 Å². The fraction of sp³-hybridized carbons (Fsp3) is 0.217. The number of aromatic nitrogens is 2. The Labute approximate surface area is 184 Å². The van der Waals surface area contributed by atoms with Crippen molar-refractivity contribution in [2.75, 3.05) is 23.7 Å². The average molecular weight is 434 g/mol. The van der Waals surface area contributed by atoms with E-state index in [1.165, 1.54) is 17.8 Å². The van der Waals surface area contributed by atoms with Gasteiger partial charge in [-0.25, -0.2) is 9.37 Å². The number of carbonyl (C=O) groups is 2. The fourth-order valence-electron chi connectivity index (χ4n) is 3.55. The number of amides is 2. The van der Waals surface area contributed by atoms with E-state index in [9.17, 15) is 14.0 Å². The molecule has 8 nitrogen and oxygen atoms in total. The second-order valence-electron chi connectivity index (χ2n) is 7.71. The Morgan fingerprint density at radius 3 is 2.56 bits per heavy atom. The van der Waals surface area contributed by atoms with E-state index in [-0.39, 0.29) is 18.0 Å². The Morgan fingerprint density at radius 1 is 1.16 bits per heavy atom. The first-order valence-electron chi connectivity index (χ1n) is 10.1. The molecule has 3 aromatic rings. The molecule has 164 valence electrons. The zero-order valence-electron chi connectivity index (χ0n) is 17.5. The standard InChI is InChI=1S/C23H23FN6O2/c1-14(31)30-12-17(13-30)16-2-4-19(5-3-16)29-22-7-21(20(11-28-22)23(25)32)27-9-15-6-18(24)10-26-8-15/h2-8,10-11,17H,9,12-13H2,1H3,(H2,25,32)(H2,27,28,29). The van der Waals surface area contributed by atoms with Crippen LogP contribution in [0.4, 0.5) is 21.6 Å². The highest BCUT2D eigenvalue weighted by atomic mass is 19.1. The predicted octanol–water partition coefficient (Wildman–Crippen LogP) is 3.02. The van der Waals surface area contributed by atoms with Crippen molar-refractivity contribution >= 4 is 29.0 Å². The van der Waals surface area contributed by atoms with Gasteiger partial charge in [-0.05, 0) is 29.3 Å². The number of nitrogens with two attached hydrogens (primary N) is 1. The lowest BCUT2D eigenvalue weighted by Gasteiger charge is -2.39. The highest BCUT2D eigenvalue weighted by Crippen LogP contribution is 2.29. The summed E-state index contributed by atoms with van der Waals surface area (Å²) in [7, 11) is 0. The average Bonchev–Trinajstić information content (AvgIpc) is 2.72. The molecular weight excluding hydrogens is 411 g/mol. The molecule has 0 radical (unpaired) electrons. The van der Waals surface area contributed by atoms with Crippen molar-refractivity contribution in [2.24, 2.45) is 5.73 Å². The van der Waals surface area contributed by atoms with Gasteiger partial charge in [0.05, 0.1) is 17.4 Å². The maximum atomic E-state index is 13.4. The third-order valence-corrected chi connectivity index (χ3v) is 5.40. The zero-order valence-corrected chi connectivity index (χ0v) is 17.5. The summed E-state index contributed by atoms with van der Waals surface area (Å²) in [6.07, 6.45) is 4.07. The number of rotatable bonds is 7. The topological polar surface area (TPSA) is 113 Å². The number of primary amides is 1. The van der Waals surface area contributed by atoms with Crippen molar-refractivity contribution in [2.45, 2.75) is 19.4 Å². The van der Waals surface area contributed by atoms with Gasteiger partial charge in [-0.1, -0.05) is 12.1 Å². The lowest BCUT2D eigenvalue weighted by atomic mass is 9.91. The van der Waals surface area contributed by atoms with Crippen LogP contribution in [0.5, 0.6) is 0 Å². The Balaban J connectivity index is 1.45. The molecule has 1 aromatic carbocycles. The first kappa shape index (κ1) is 21.2. The van der Waals surface area contributed by atoms with Gasteiger partial charge in [0.2, 0.25) is 5.91 Å². The number of nitrogens with one attached hydrogen (secondary N) is 2. The molecule has 2 amide bonds. The molecule has 0 aliphatic carbocycles. The number of hydrogen-bond acceptors (Lipinski definition) is 6. The van der Waals surface area contributed by atoms with Gasteiger partial charge in [0.1, 0.15) is 11.6 Å². The number of pyridine rings is 2. The molecule has 1 aliphatic heterocycles. The summed E-state index contributed by atoms with van der Waals surface area (Å²) >= 11 is 0. The number of nitrogens with zero attached hydrogens (tertiary/aromatic N) is 3. The molecule has 1 aliphatic rings.